The fourth-order valence-electron chi connectivity index (χ4n) is 2.04. The molecular formula is C14H28OS. The van der Waals surface area contributed by atoms with Gasteiger partial charge in [-0.05, 0) is 30.6 Å². The molecule has 0 radical (unpaired) electrons. The fourth-order valence-corrected chi connectivity index (χ4v) is 2.20. The molecule has 96 valence electrons. The molecule has 0 spiro atoms. The summed E-state index contributed by atoms with van der Waals surface area (Å²) in [5.74, 6) is 2.41. The highest BCUT2D eigenvalue weighted by molar-refractivity contribution is 7.96. The van der Waals surface area contributed by atoms with E-state index in [-0.39, 0.29) is 5.12 Å². The van der Waals surface area contributed by atoms with Gasteiger partial charge >= 0.3 is 0 Å². The molecular weight excluding hydrogens is 216 g/mol. The van der Waals surface area contributed by atoms with Gasteiger partial charge in [-0.25, -0.2) is 0 Å². The Morgan fingerprint density at radius 2 is 1.62 bits per heavy atom. The van der Waals surface area contributed by atoms with E-state index in [2.05, 4.69) is 40.3 Å². The quantitative estimate of drug-likeness (QED) is 0.459. The molecule has 0 saturated carbocycles. The van der Waals surface area contributed by atoms with E-state index in [4.69, 9.17) is 0 Å². The Hall–Kier alpha value is 0.0200. The topological polar surface area (TPSA) is 17.1 Å². The second-order valence-corrected chi connectivity index (χ2v) is 6.11. The number of hydrogen-bond donors (Lipinski definition) is 1. The highest BCUT2D eigenvalue weighted by atomic mass is 32.1. The largest absolute Gasteiger partial charge is 0.288 e. The van der Waals surface area contributed by atoms with Crippen molar-refractivity contribution in [1.29, 1.82) is 0 Å². The summed E-state index contributed by atoms with van der Waals surface area (Å²) in [5.41, 5.74) is 0. The monoisotopic (exact) mass is 244 g/mol. The average molecular weight is 244 g/mol. The van der Waals surface area contributed by atoms with Crippen LogP contribution < -0.4 is 0 Å². The zero-order chi connectivity index (χ0) is 12.6. The van der Waals surface area contributed by atoms with Crippen molar-refractivity contribution in [2.75, 3.05) is 0 Å². The molecule has 0 aliphatic carbocycles. The molecule has 1 atom stereocenters. The maximum absolute atomic E-state index is 10.7. The molecule has 0 rings (SSSR count). The number of unbranched alkanes of at least 4 members (excludes halogenated alkanes) is 1. The molecule has 0 aliphatic rings. The van der Waals surface area contributed by atoms with E-state index in [9.17, 15) is 4.79 Å². The van der Waals surface area contributed by atoms with Gasteiger partial charge in [0.15, 0.2) is 5.12 Å². The Morgan fingerprint density at radius 1 is 1.00 bits per heavy atom. The molecule has 0 aromatic carbocycles. The van der Waals surface area contributed by atoms with Crippen molar-refractivity contribution >= 4 is 17.7 Å². The van der Waals surface area contributed by atoms with Crippen molar-refractivity contribution in [3.63, 3.8) is 0 Å². The normalized spacial score (nSPS) is 13.4. The van der Waals surface area contributed by atoms with Gasteiger partial charge in [0.05, 0.1) is 0 Å². The van der Waals surface area contributed by atoms with Crippen molar-refractivity contribution in [1.82, 2.24) is 0 Å². The highest BCUT2D eigenvalue weighted by Gasteiger charge is 2.13. The van der Waals surface area contributed by atoms with Crippen molar-refractivity contribution in [2.24, 2.45) is 17.8 Å². The van der Waals surface area contributed by atoms with E-state index in [0.717, 1.165) is 24.2 Å². The summed E-state index contributed by atoms with van der Waals surface area (Å²) in [4.78, 5) is 10.7. The number of rotatable bonds is 9. The molecule has 0 saturated heterocycles. The Morgan fingerprint density at radius 3 is 2.06 bits per heavy atom. The molecule has 0 bridgehead atoms. The van der Waals surface area contributed by atoms with E-state index in [1.165, 1.54) is 25.7 Å². The third kappa shape index (κ3) is 9.26. The first kappa shape index (κ1) is 16.0. The maximum Gasteiger partial charge on any atom is 0.185 e. The maximum atomic E-state index is 10.7. The van der Waals surface area contributed by atoms with Crippen molar-refractivity contribution in [3.05, 3.63) is 0 Å². The minimum Gasteiger partial charge on any atom is -0.288 e. The predicted octanol–water partition coefficient (Wildman–Crippen LogP) is 4.71. The molecule has 16 heavy (non-hydrogen) atoms. The summed E-state index contributed by atoms with van der Waals surface area (Å²) in [6, 6.07) is 0. The molecule has 0 aromatic heterocycles. The van der Waals surface area contributed by atoms with E-state index < -0.39 is 0 Å². The summed E-state index contributed by atoms with van der Waals surface area (Å²) < 4.78 is 0. The van der Waals surface area contributed by atoms with Gasteiger partial charge in [0.2, 0.25) is 0 Å². The lowest BCUT2D eigenvalue weighted by Gasteiger charge is -2.21. The molecule has 2 heteroatoms. The fraction of sp³-hybridized carbons (Fsp3) is 0.929. The van der Waals surface area contributed by atoms with Crippen molar-refractivity contribution in [2.45, 2.75) is 66.2 Å². The first-order valence-corrected chi connectivity index (χ1v) is 7.10. The van der Waals surface area contributed by atoms with E-state index in [0.29, 0.717) is 6.42 Å². The smallest absolute Gasteiger partial charge is 0.185 e. The van der Waals surface area contributed by atoms with E-state index in [1.54, 1.807) is 0 Å². The average Bonchev–Trinajstić information content (AvgIpc) is 2.15. The molecule has 0 heterocycles. The lowest BCUT2D eigenvalue weighted by molar-refractivity contribution is -0.110. The lowest BCUT2D eigenvalue weighted by Crippen LogP contribution is -2.10. The van der Waals surface area contributed by atoms with Crippen LogP contribution in [0.3, 0.4) is 0 Å². The Balaban J connectivity index is 3.72. The third-order valence-electron chi connectivity index (χ3n) is 3.27. The highest BCUT2D eigenvalue weighted by Crippen LogP contribution is 2.25. The molecule has 1 unspecified atom stereocenters. The molecule has 0 aromatic rings. The third-order valence-corrected chi connectivity index (χ3v) is 3.50. The van der Waals surface area contributed by atoms with Crippen LogP contribution in [0.5, 0.6) is 0 Å². The molecule has 0 aliphatic heterocycles. The van der Waals surface area contributed by atoms with Crippen molar-refractivity contribution < 1.29 is 4.79 Å². The van der Waals surface area contributed by atoms with Crippen LogP contribution in [-0.4, -0.2) is 5.12 Å². The zero-order valence-electron chi connectivity index (χ0n) is 11.3. The van der Waals surface area contributed by atoms with Crippen LogP contribution in [0.1, 0.15) is 66.2 Å². The van der Waals surface area contributed by atoms with Crippen LogP contribution in [-0.2, 0) is 4.79 Å². The number of carbonyl (C=O) groups excluding carboxylic acids is 1. The number of carbonyl (C=O) groups is 1. The van der Waals surface area contributed by atoms with Gasteiger partial charge in [-0.3, -0.25) is 4.79 Å². The Labute approximate surface area is 107 Å². The van der Waals surface area contributed by atoms with Gasteiger partial charge in [-0.15, -0.1) is 12.6 Å². The van der Waals surface area contributed by atoms with Crippen LogP contribution >= 0.6 is 12.6 Å². The predicted molar refractivity (Wildman–Crippen MR) is 74.9 cm³/mol. The van der Waals surface area contributed by atoms with Crippen LogP contribution in [0, 0.1) is 17.8 Å². The van der Waals surface area contributed by atoms with Gasteiger partial charge in [0.1, 0.15) is 0 Å². The van der Waals surface area contributed by atoms with Crippen LogP contribution in [0.15, 0.2) is 0 Å². The SMILES string of the molecule is CC(C)CCC(CCCCC(=O)S)C(C)C. The van der Waals surface area contributed by atoms with Gasteiger partial charge in [0.25, 0.3) is 0 Å². The van der Waals surface area contributed by atoms with Crippen molar-refractivity contribution in [3.8, 4) is 0 Å². The van der Waals surface area contributed by atoms with Gasteiger partial charge < -0.3 is 0 Å². The summed E-state index contributed by atoms with van der Waals surface area (Å²) in [5, 5.41) is 0.0308. The Kier molecular flexibility index (Phi) is 9.10. The van der Waals surface area contributed by atoms with Gasteiger partial charge in [-0.2, -0.15) is 0 Å². The minimum absolute atomic E-state index is 0.0308. The number of thiol groups is 1. The van der Waals surface area contributed by atoms with E-state index in [1.807, 2.05) is 0 Å². The number of hydrogen-bond acceptors (Lipinski definition) is 1. The Bertz CT molecular complexity index is 187. The van der Waals surface area contributed by atoms with Crippen LogP contribution in [0.2, 0.25) is 0 Å². The first-order chi connectivity index (χ1) is 7.43. The minimum atomic E-state index is 0.0308. The zero-order valence-corrected chi connectivity index (χ0v) is 12.2. The summed E-state index contributed by atoms with van der Waals surface area (Å²) in [6.45, 7) is 9.21. The summed E-state index contributed by atoms with van der Waals surface area (Å²) in [7, 11) is 0. The van der Waals surface area contributed by atoms with Gasteiger partial charge in [0, 0.05) is 6.42 Å². The summed E-state index contributed by atoms with van der Waals surface area (Å²) >= 11 is 3.79. The second-order valence-electron chi connectivity index (χ2n) is 5.61. The van der Waals surface area contributed by atoms with Gasteiger partial charge in [-0.1, -0.05) is 47.0 Å². The molecule has 1 nitrogen and oxygen atoms in total. The van der Waals surface area contributed by atoms with Crippen LogP contribution in [0.4, 0.5) is 0 Å². The molecule has 0 N–H and O–H groups in total. The molecule has 0 amide bonds. The second kappa shape index (κ2) is 9.09. The van der Waals surface area contributed by atoms with E-state index >= 15 is 0 Å². The standard InChI is InChI=1S/C14H28OS/c1-11(2)9-10-13(12(3)4)7-5-6-8-14(15)16/h11-13H,5-10H2,1-4H3,(H,15,16). The van der Waals surface area contributed by atoms with Crippen LogP contribution in [0.25, 0.3) is 0 Å². The summed E-state index contributed by atoms with van der Waals surface area (Å²) in [6.07, 6.45) is 6.75. The first-order valence-electron chi connectivity index (χ1n) is 6.65. The molecule has 0 fully saturated rings. The lowest BCUT2D eigenvalue weighted by atomic mass is 9.85.